The van der Waals surface area contributed by atoms with Gasteiger partial charge in [0.15, 0.2) is 0 Å². The van der Waals surface area contributed by atoms with Crippen molar-refractivity contribution in [3.8, 4) is 0 Å². The standard InChI is InChI=1S/C21H27BrN2O3/c1-3-14(2)23(20(26)15-7-5-4-6-8-15)18-13-19(25)24(21(18)27)17-11-9-16(22)10-12-17/h9-12,14-15,18H,3-8,13H2,1-2H3. The van der Waals surface area contributed by atoms with Gasteiger partial charge in [0.1, 0.15) is 6.04 Å². The van der Waals surface area contributed by atoms with Crippen LogP contribution >= 0.6 is 15.9 Å². The van der Waals surface area contributed by atoms with Gasteiger partial charge >= 0.3 is 0 Å². The summed E-state index contributed by atoms with van der Waals surface area (Å²) in [6.45, 7) is 3.99. The molecule has 1 aromatic rings. The zero-order valence-electron chi connectivity index (χ0n) is 16.0. The van der Waals surface area contributed by atoms with Crippen molar-refractivity contribution in [3.63, 3.8) is 0 Å². The second-order valence-electron chi connectivity index (χ2n) is 7.60. The summed E-state index contributed by atoms with van der Waals surface area (Å²) >= 11 is 3.37. The van der Waals surface area contributed by atoms with Gasteiger partial charge in [0.2, 0.25) is 11.8 Å². The fourth-order valence-corrected chi connectivity index (χ4v) is 4.39. The summed E-state index contributed by atoms with van der Waals surface area (Å²) in [5.41, 5.74) is 0.560. The molecule has 2 atom stereocenters. The number of nitrogens with zero attached hydrogens (tertiary/aromatic N) is 2. The lowest BCUT2D eigenvalue weighted by Gasteiger charge is -2.36. The number of carbonyl (C=O) groups excluding carboxylic acids is 3. The molecule has 6 heteroatoms. The summed E-state index contributed by atoms with van der Waals surface area (Å²) in [7, 11) is 0. The molecular weight excluding hydrogens is 408 g/mol. The minimum Gasteiger partial charge on any atom is -0.327 e. The van der Waals surface area contributed by atoms with E-state index in [9.17, 15) is 14.4 Å². The van der Waals surface area contributed by atoms with Crippen LogP contribution in [0.2, 0.25) is 0 Å². The Morgan fingerprint density at radius 2 is 1.81 bits per heavy atom. The Labute approximate surface area is 169 Å². The quantitative estimate of drug-likeness (QED) is 0.649. The lowest BCUT2D eigenvalue weighted by atomic mass is 9.87. The summed E-state index contributed by atoms with van der Waals surface area (Å²) < 4.78 is 0.885. The number of anilines is 1. The molecule has 0 aromatic heterocycles. The molecule has 146 valence electrons. The Bertz CT molecular complexity index is 713. The van der Waals surface area contributed by atoms with Gasteiger partial charge in [-0.3, -0.25) is 14.4 Å². The predicted octanol–water partition coefficient (Wildman–Crippen LogP) is 4.29. The van der Waals surface area contributed by atoms with E-state index in [1.54, 1.807) is 17.0 Å². The first-order valence-electron chi connectivity index (χ1n) is 9.88. The van der Waals surface area contributed by atoms with E-state index in [-0.39, 0.29) is 36.1 Å². The molecule has 0 N–H and O–H groups in total. The third kappa shape index (κ3) is 4.10. The molecule has 0 radical (unpaired) electrons. The number of amides is 3. The number of hydrogen-bond donors (Lipinski definition) is 0. The Morgan fingerprint density at radius 1 is 1.19 bits per heavy atom. The first-order valence-corrected chi connectivity index (χ1v) is 10.7. The fourth-order valence-electron chi connectivity index (χ4n) is 4.13. The number of imide groups is 1. The fraction of sp³-hybridized carbons (Fsp3) is 0.571. The van der Waals surface area contributed by atoms with Gasteiger partial charge in [-0.05, 0) is 50.5 Å². The average Bonchev–Trinajstić information content (AvgIpc) is 2.97. The molecule has 0 spiro atoms. The van der Waals surface area contributed by atoms with Gasteiger partial charge < -0.3 is 4.90 Å². The smallest absolute Gasteiger partial charge is 0.257 e. The molecule has 1 heterocycles. The largest absolute Gasteiger partial charge is 0.327 e. The first-order chi connectivity index (χ1) is 12.9. The van der Waals surface area contributed by atoms with Crippen molar-refractivity contribution in [3.05, 3.63) is 28.7 Å². The number of carbonyl (C=O) groups is 3. The summed E-state index contributed by atoms with van der Waals surface area (Å²) in [5, 5.41) is 0. The minimum atomic E-state index is -0.689. The van der Waals surface area contributed by atoms with E-state index < -0.39 is 6.04 Å². The number of hydrogen-bond acceptors (Lipinski definition) is 3. The van der Waals surface area contributed by atoms with Crippen molar-refractivity contribution in [2.75, 3.05) is 4.90 Å². The van der Waals surface area contributed by atoms with E-state index in [2.05, 4.69) is 15.9 Å². The molecule has 3 rings (SSSR count). The molecule has 1 aliphatic heterocycles. The normalized spacial score (nSPS) is 22.2. The molecule has 5 nitrogen and oxygen atoms in total. The third-order valence-electron chi connectivity index (χ3n) is 5.82. The summed E-state index contributed by atoms with van der Waals surface area (Å²) in [5.74, 6) is -0.492. The Balaban J connectivity index is 1.86. The Kier molecular flexibility index (Phi) is 6.35. The molecular formula is C21H27BrN2O3. The van der Waals surface area contributed by atoms with E-state index in [0.717, 1.165) is 36.6 Å². The van der Waals surface area contributed by atoms with Crippen LogP contribution in [0.15, 0.2) is 28.7 Å². The van der Waals surface area contributed by atoms with Gasteiger partial charge in [-0.25, -0.2) is 4.90 Å². The molecule has 2 unspecified atom stereocenters. The van der Waals surface area contributed by atoms with Crippen molar-refractivity contribution in [1.82, 2.24) is 4.90 Å². The maximum atomic E-state index is 13.3. The molecule has 1 aliphatic carbocycles. The van der Waals surface area contributed by atoms with Crippen molar-refractivity contribution >= 4 is 39.3 Å². The van der Waals surface area contributed by atoms with E-state index in [4.69, 9.17) is 0 Å². The lowest BCUT2D eigenvalue weighted by Crippen LogP contribution is -2.52. The predicted molar refractivity (Wildman–Crippen MR) is 108 cm³/mol. The molecule has 1 aromatic carbocycles. The number of benzene rings is 1. The van der Waals surface area contributed by atoms with Gasteiger partial charge in [-0.15, -0.1) is 0 Å². The van der Waals surface area contributed by atoms with Crippen molar-refractivity contribution < 1.29 is 14.4 Å². The van der Waals surface area contributed by atoms with Crippen LogP contribution in [0, 0.1) is 5.92 Å². The van der Waals surface area contributed by atoms with Crippen molar-refractivity contribution in [2.45, 2.75) is 70.9 Å². The van der Waals surface area contributed by atoms with Crippen LogP contribution < -0.4 is 4.90 Å². The van der Waals surface area contributed by atoms with Crippen LogP contribution in [-0.2, 0) is 14.4 Å². The van der Waals surface area contributed by atoms with Gasteiger partial charge in [-0.1, -0.05) is 42.1 Å². The van der Waals surface area contributed by atoms with E-state index in [0.29, 0.717) is 5.69 Å². The summed E-state index contributed by atoms with van der Waals surface area (Å²) in [6, 6.07) is 6.36. The zero-order chi connectivity index (χ0) is 19.6. The second kappa shape index (κ2) is 8.55. The first kappa shape index (κ1) is 20.1. The van der Waals surface area contributed by atoms with E-state index in [1.807, 2.05) is 26.0 Å². The minimum absolute atomic E-state index is 0.0163. The van der Waals surface area contributed by atoms with Gasteiger partial charge in [0.25, 0.3) is 5.91 Å². The highest BCUT2D eigenvalue weighted by Crippen LogP contribution is 2.32. The van der Waals surface area contributed by atoms with Crippen LogP contribution in [0.1, 0.15) is 58.8 Å². The van der Waals surface area contributed by atoms with Crippen molar-refractivity contribution in [2.24, 2.45) is 5.92 Å². The SMILES string of the molecule is CCC(C)N(C(=O)C1CCCCC1)C1CC(=O)N(c2ccc(Br)cc2)C1=O. The number of rotatable bonds is 5. The molecule has 1 saturated carbocycles. The summed E-state index contributed by atoms with van der Waals surface area (Å²) in [4.78, 5) is 42.0. The molecule has 0 bridgehead atoms. The third-order valence-corrected chi connectivity index (χ3v) is 6.35. The number of halogens is 1. The highest BCUT2D eigenvalue weighted by Gasteiger charge is 2.46. The van der Waals surface area contributed by atoms with E-state index in [1.165, 1.54) is 11.3 Å². The van der Waals surface area contributed by atoms with Gasteiger partial charge in [-0.2, -0.15) is 0 Å². The summed E-state index contributed by atoms with van der Waals surface area (Å²) in [6.07, 6.45) is 5.90. The lowest BCUT2D eigenvalue weighted by molar-refractivity contribution is -0.145. The van der Waals surface area contributed by atoms with Crippen molar-refractivity contribution in [1.29, 1.82) is 0 Å². The second-order valence-corrected chi connectivity index (χ2v) is 8.52. The van der Waals surface area contributed by atoms with Crippen LogP contribution in [0.3, 0.4) is 0 Å². The molecule has 2 aliphatic rings. The van der Waals surface area contributed by atoms with Crippen LogP contribution in [0.5, 0.6) is 0 Å². The topological polar surface area (TPSA) is 57.7 Å². The van der Waals surface area contributed by atoms with E-state index >= 15 is 0 Å². The molecule has 2 fully saturated rings. The Morgan fingerprint density at radius 3 is 2.41 bits per heavy atom. The Hall–Kier alpha value is -1.69. The van der Waals surface area contributed by atoms with Crippen LogP contribution in [-0.4, -0.2) is 34.7 Å². The molecule has 1 saturated heterocycles. The molecule has 3 amide bonds. The van der Waals surface area contributed by atoms with Crippen LogP contribution in [0.25, 0.3) is 0 Å². The highest BCUT2D eigenvalue weighted by molar-refractivity contribution is 9.10. The maximum absolute atomic E-state index is 13.3. The van der Waals surface area contributed by atoms with Gasteiger partial charge in [0.05, 0.1) is 12.1 Å². The average molecular weight is 435 g/mol. The highest BCUT2D eigenvalue weighted by atomic mass is 79.9. The monoisotopic (exact) mass is 434 g/mol. The maximum Gasteiger partial charge on any atom is 0.257 e. The molecule has 27 heavy (non-hydrogen) atoms. The zero-order valence-corrected chi connectivity index (χ0v) is 17.6. The van der Waals surface area contributed by atoms with Crippen LogP contribution in [0.4, 0.5) is 5.69 Å². The van der Waals surface area contributed by atoms with Gasteiger partial charge in [0, 0.05) is 16.4 Å².